The van der Waals surface area contributed by atoms with Gasteiger partial charge in [-0.25, -0.2) is 4.79 Å². The van der Waals surface area contributed by atoms with Gasteiger partial charge in [0.25, 0.3) is 0 Å². The first-order chi connectivity index (χ1) is 18.5. The molecule has 6 rings (SSSR count). The normalized spacial score (nSPS) is 44.8. The van der Waals surface area contributed by atoms with E-state index in [1.807, 2.05) is 17.2 Å². The van der Waals surface area contributed by atoms with Crippen LogP contribution < -0.4 is 0 Å². The second-order valence-corrected chi connectivity index (χ2v) is 13.5. The Morgan fingerprint density at radius 1 is 1.23 bits per heavy atom. The zero-order valence-electron chi connectivity index (χ0n) is 23.9. The first kappa shape index (κ1) is 27.0. The summed E-state index contributed by atoms with van der Waals surface area (Å²) in [4.78, 5) is 33.3. The number of unbranched alkanes of at least 4 members (excludes halogenated alkanes) is 1. The van der Waals surface area contributed by atoms with Gasteiger partial charge in [0.15, 0.2) is 11.4 Å². The first-order valence-corrected chi connectivity index (χ1v) is 14.8. The molecular formula is C32H43NO6. The molecule has 5 aliphatic rings. The lowest BCUT2D eigenvalue weighted by Gasteiger charge is -2.66. The van der Waals surface area contributed by atoms with Crippen LogP contribution >= 0.6 is 0 Å². The van der Waals surface area contributed by atoms with E-state index < -0.39 is 27.9 Å². The largest absolute Gasteiger partial charge is 0.472 e. The van der Waals surface area contributed by atoms with Crippen molar-refractivity contribution >= 4 is 11.8 Å². The Bertz CT molecular complexity index is 1210. The third kappa shape index (κ3) is 3.51. The highest BCUT2D eigenvalue weighted by Gasteiger charge is 2.78. The lowest BCUT2D eigenvalue weighted by Crippen LogP contribution is -2.67. The molecule has 0 aromatic carbocycles. The Balaban J connectivity index is 1.40. The van der Waals surface area contributed by atoms with Crippen LogP contribution in [0.25, 0.3) is 0 Å². The molecule has 0 amide bonds. The maximum Gasteiger partial charge on any atom is 0.341 e. The summed E-state index contributed by atoms with van der Waals surface area (Å²) in [5.74, 6) is 0.266. The number of hydroxylamine groups is 2. The predicted octanol–water partition coefficient (Wildman–Crippen LogP) is 5.25. The van der Waals surface area contributed by atoms with Gasteiger partial charge in [-0.05, 0) is 61.7 Å². The Morgan fingerprint density at radius 3 is 2.74 bits per heavy atom. The van der Waals surface area contributed by atoms with Gasteiger partial charge in [-0.1, -0.05) is 52.7 Å². The summed E-state index contributed by atoms with van der Waals surface area (Å²) in [7, 11) is 0. The molecule has 1 aromatic heterocycles. The number of carbonyl (C=O) groups excluding carboxylic acids is 2. The van der Waals surface area contributed by atoms with Crippen molar-refractivity contribution in [2.24, 2.45) is 39.9 Å². The molecule has 0 bridgehead atoms. The fourth-order valence-electron chi connectivity index (χ4n) is 9.56. The quantitative estimate of drug-likeness (QED) is 0.392. The van der Waals surface area contributed by atoms with Crippen molar-refractivity contribution in [3.8, 4) is 0 Å². The maximum absolute atomic E-state index is 14.1. The number of nitrogens with zero attached hydrogens (tertiary/aromatic N) is 1. The summed E-state index contributed by atoms with van der Waals surface area (Å²) in [6, 6.07) is 1.92. The molecule has 7 nitrogen and oxygen atoms in total. The summed E-state index contributed by atoms with van der Waals surface area (Å²) in [5.41, 5.74) is -0.503. The fourth-order valence-corrected chi connectivity index (χ4v) is 9.56. The molecular weight excluding hydrogens is 494 g/mol. The summed E-state index contributed by atoms with van der Waals surface area (Å²) < 4.78 is 11.2. The second kappa shape index (κ2) is 9.15. The highest BCUT2D eigenvalue weighted by Crippen LogP contribution is 2.74. The number of aliphatic hydroxyl groups excluding tert-OH is 1. The number of ketones is 1. The van der Waals surface area contributed by atoms with E-state index in [-0.39, 0.29) is 35.4 Å². The van der Waals surface area contributed by atoms with Crippen molar-refractivity contribution in [2.45, 2.75) is 85.0 Å². The van der Waals surface area contributed by atoms with E-state index >= 15 is 0 Å². The molecule has 39 heavy (non-hydrogen) atoms. The van der Waals surface area contributed by atoms with Gasteiger partial charge in [-0.3, -0.25) is 9.63 Å². The number of hydrogen-bond donors (Lipinski definition) is 1. The van der Waals surface area contributed by atoms with Crippen LogP contribution in [0.5, 0.6) is 0 Å². The summed E-state index contributed by atoms with van der Waals surface area (Å²) in [6.07, 6.45) is 12.1. The van der Waals surface area contributed by atoms with Crippen LogP contribution in [0, 0.1) is 39.9 Å². The van der Waals surface area contributed by atoms with Gasteiger partial charge in [-0.2, -0.15) is 5.06 Å². The van der Waals surface area contributed by atoms with E-state index in [9.17, 15) is 14.7 Å². The third-order valence-electron chi connectivity index (χ3n) is 11.8. The topological polar surface area (TPSA) is 89.2 Å². The van der Waals surface area contributed by atoms with Crippen LogP contribution in [0.15, 0.2) is 46.8 Å². The number of ether oxygens (including phenoxy) is 1. The summed E-state index contributed by atoms with van der Waals surface area (Å²) in [5, 5.41) is 14.1. The molecule has 0 unspecified atom stereocenters. The number of carbonyl (C=O) groups is 2. The average molecular weight is 538 g/mol. The molecule has 3 saturated carbocycles. The minimum atomic E-state index is -1.14. The van der Waals surface area contributed by atoms with Gasteiger partial charge in [-0.15, -0.1) is 0 Å². The number of rotatable bonds is 6. The van der Waals surface area contributed by atoms with Crippen LogP contribution in [0.4, 0.5) is 0 Å². The minimum absolute atomic E-state index is 0.0294. The number of fused-ring (bicyclic) bond motifs is 7. The third-order valence-corrected chi connectivity index (χ3v) is 11.8. The highest BCUT2D eigenvalue weighted by atomic mass is 16.7. The van der Waals surface area contributed by atoms with Gasteiger partial charge in [0.2, 0.25) is 0 Å². The Morgan fingerprint density at radius 2 is 2.03 bits per heavy atom. The molecule has 4 fully saturated rings. The van der Waals surface area contributed by atoms with Gasteiger partial charge < -0.3 is 14.3 Å². The van der Waals surface area contributed by atoms with Crippen molar-refractivity contribution in [1.29, 1.82) is 0 Å². The lowest BCUT2D eigenvalue weighted by atomic mass is 9.38. The molecule has 2 heterocycles. The van der Waals surface area contributed by atoms with E-state index in [1.54, 1.807) is 24.7 Å². The lowest BCUT2D eigenvalue weighted by molar-refractivity contribution is -0.274. The molecule has 1 saturated heterocycles. The molecule has 0 radical (unpaired) electrons. The van der Waals surface area contributed by atoms with Crippen LogP contribution in [-0.4, -0.2) is 46.8 Å². The number of hydrogen-bond acceptors (Lipinski definition) is 7. The highest BCUT2D eigenvalue weighted by molar-refractivity contribution is 6.01. The Hall–Kier alpha value is -2.22. The zero-order valence-corrected chi connectivity index (χ0v) is 23.9. The van der Waals surface area contributed by atoms with Crippen molar-refractivity contribution in [3.05, 3.63) is 48.0 Å². The predicted molar refractivity (Wildman–Crippen MR) is 145 cm³/mol. The maximum atomic E-state index is 14.1. The van der Waals surface area contributed by atoms with Crippen molar-refractivity contribution in [2.75, 3.05) is 13.2 Å². The van der Waals surface area contributed by atoms with E-state index in [0.29, 0.717) is 26.1 Å². The monoisotopic (exact) mass is 537 g/mol. The fraction of sp³-hybridized carbons (Fsp3) is 0.688. The van der Waals surface area contributed by atoms with E-state index in [2.05, 4.69) is 34.6 Å². The molecule has 1 N–H and O–H groups in total. The van der Waals surface area contributed by atoms with Gasteiger partial charge in [0.05, 0.1) is 31.8 Å². The standard InChI is InChI=1S/C32H43NO6/c1-6-7-11-38-28(36)32-22(18-33(39-32)17-21-9-12-37-19-21)14-25-26-13-20(2)24-15-23(34)8-10-29(24,3)31(26,5)27(35)16-30(25,32)4/h8-10,12,15,19-20,22,25-27,35H,6-7,11,13-14,16-18H2,1-5H3/t20-,22-,25-,26-,27-,29-,30-,31+,32-/m0/s1. The Kier molecular flexibility index (Phi) is 6.33. The van der Waals surface area contributed by atoms with Crippen molar-refractivity contribution in [3.63, 3.8) is 0 Å². The van der Waals surface area contributed by atoms with Crippen LogP contribution in [0.2, 0.25) is 0 Å². The van der Waals surface area contributed by atoms with Crippen LogP contribution in [0.3, 0.4) is 0 Å². The molecule has 9 atom stereocenters. The second-order valence-electron chi connectivity index (χ2n) is 13.5. The summed E-state index contributed by atoms with van der Waals surface area (Å²) >= 11 is 0. The SMILES string of the molecule is CCCCOC(=O)[C@@]12ON(Cc3ccoc3)C[C@@H]1C[C@H]1[C@@H]3C[C@H](C)C4=CC(=O)C=C[C@]4(C)[C@@]3(C)[C@@H](O)C[C@@]12C. The average Bonchev–Trinajstić information content (AvgIpc) is 3.58. The smallest absolute Gasteiger partial charge is 0.341 e. The van der Waals surface area contributed by atoms with Gasteiger partial charge >= 0.3 is 5.97 Å². The number of furan rings is 1. The van der Waals surface area contributed by atoms with Crippen LogP contribution in [0.1, 0.15) is 72.3 Å². The Labute approximate surface area is 231 Å². The number of esters is 1. The number of allylic oxidation sites excluding steroid dienone is 4. The minimum Gasteiger partial charge on any atom is -0.472 e. The molecule has 212 valence electrons. The number of aliphatic hydroxyl groups is 1. The van der Waals surface area contributed by atoms with E-state index in [1.165, 1.54) is 0 Å². The molecule has 0 spiro atoms. The first-order valence-electron chi connectivity index (χ1n) is 14.8. The van der Waals surface area contributed by atoms with E-state index in [0.717, 1.165) is 36.8 Å². The summed E-state index contributed by atoms with van der Waals surface area (Å²) in [6.45, 7) is 12.4. The zero-order chi connectivity index (χ0) is 27.8. The molecule has 7 heteroatoms. The van der Waals surface area contributed by atoms with Gasteiger partial charge in [0.1, 0.15) is 0 Å². The molecule has 1 aromatic rings. The molecule has 4 aliphatic carbocycles. The van der Waals surface area contributed by atoms with Gasteiger partial charge in [0, 0.05) is 34.3 Å². The van der Waals surface area contributed by atoms with Crippen molar-refractivity contribution in [1.82, 2.24) is 5.06 Å². The molecule has 1 aliphatic heterocycles. The van der Waals surface area contributed by atoms with Crippen LogP contribution in [-0.2, 0) is 25.7 Å². The van der Waals surface area contributed by atoms with E-state index in [4.69, 9.17) is 14.0 Å². The van der Waals surface area contributed by atoms with Crippen molar-refractivity contribution < 1.29 is 28.7 Å².